The predicted octanol–water partition coefficient (Wildman–Crippen LogP) is 0.714. The Labute approximate surface area is 122 Å². The van der Waals surface area contributed by atoms with Crippen LogP contribution in [0.3, 0.4) is 0 Å². The monoisotopic (exact) mass is 287 g/mol. The molecule has 0 saturated carbocycles. The Morgan fingerprint density at radius 2 is 2.10 bits per heavy atom. The van der Waals surface area contributed by atoms with Gasteiger partial charge in [-0.15, -0.1) is 0 Å². The van der Waals surface area contributed by atoms with Gasteiger partial charge in [-0.05, 0) is 25.0 Å². The second-order valence-electron chi connectivity index (χ2n) is 5.08. The summed E-state index contributed by atoms with van der Waals surface area (Å²) < 4.78 is 6.87. The highest BCUT2D eigenvalue weighted by molar-refractivity contribution is 5.99. The van der Waals surface area contributed by atoms with E-state index >= 15 is 0 Å². The molecule has 1 aromatic heterocycles. The lowest BCUT2D eigenvalue weighted by molar-refractivity contribution is -0.124. The largest absolute Gasteiger partial charge is 0.381 e. The first-order valence-corrected chi connectivity index (χ1v) is 6.81. The molecule has 110 valence electrons. The van der Waals surface area contributed by atoms with Crippen molar-refractivity contribution in [3.63, 3.8) is 0 Å². The van der Waals surface area contributed by atoms with Crippen LogP contribution >= 0.6 is 0 Å². The number of carbonyl (C=O) groups excluding carboxylic acids is 1. The van der Waals surface area contributed by atoms with Crippen LogP contribution in [0.25, 0.3) is 5.69 Å². The predicted molar refractivity (Wildman–Crippen MR) is 77.0 cm³/mol. The molecule has 0 unspecified atom stereocenters. The number of rotatable bonds is 3. The molecule has 1 aliphatic rings. The lowest BCUT2D eigenvalue weighted by Crippen LogP contribution is -2.54. The summed E-state index contributed by atoms with van der Waals surface area (Å²) in [5.41, 5.74) is 6.72. The van der Waals surface area contributed by atoms with E-state index in [1.165, 1.54) is 6.33 Å². The second kappa shape index (κ2) is 5.63. The fourth-order valence-electron chi connectivity index (χ4n) is 2.32. The molecule has 21 heavy (non-hydrogen) atoms. The Bertz CT molecular complexity index is 620. The van der Waals surface area contributed by atoms with Crippen molar-refractivity contribution in [3.05, 3.63) is 36.9 Å². The molecular formula is C14H17N5O2. The van der Waals surface area contributed by atoms with Crippen LogP contribution < -0.4 is 11.1 Å². The summed E-state index contributed by atoms with van der Waals surface area (Å²) in [6.45, 7) is 1.02. The molecule has 7 nitrogen and oxygen atoms in total. The quantitative estimate of drug-likeness (QED) is 0.867. The van der Waals surface area contributed by atoms with E-state index in [-0.39, 0.29) is 5.91 Å². The number of para-hydroxylation sites is 2. The van der Waals surface area contributed by atoms with Gasteiger partial charge in [0.2, 0.25) is 5.91 Å². The fourth-order valence-corrected chi connectivity index (χ4v) is 2.32. The summed E-state index contributed by atoms with van der Waals surface area (Å²) in [7, 11) is 0. The van der Waals surface area contributed by atoms with Gasteiger partial charge in [-0.1, -0.05) is 12.1 Å². The number of carbonyl (C=O) groups is 1. The van der Waals surface area contributed by atoms with Gasteiger partial charge in [0.05, 0.1) is 11.4 Å². The minimum absolute atomic E-state index is 0.196. The Balaban J connectivity index is 1.83. The van der Waals surface area contributed by atoms with Crippen molar-refractivity contribution in [1.82, 2.24) is 14.8 Å². The minimum Gasteiger partial charge on any atom is -0.381 e. The van der Waals surface area contributed by atoms with Crippen LogP contribution in [0.2, 0.25) is 0 Å². The number of hydrogen-bond acceptors (Lipinski definition) is 5. The lowest BCUT2D eigenvalue weighted by Gasteiger charge is -2.32. The van der Waals surface area contributed by atoms with E-state index in [0.717, 1.165) is 5.69 Å². The first-order chi connectivity index (χ1) is 10.2. The maximum atomic E-state index is 12.5. The van der Waals surface area contributed by atoms with Crippen LogP contribution in [0.1, 0.15) is 12.8 Å². The number of ether oxygens (including phenoxy) is 1. The lowest BCUT2D eigenvalue weighted by atomic mass is 9.90. The molecule has 3 N–H and O–H groups in total. The van der Waals surface area contributed by atoms with Crippen LogP contribution in [-0.2, 0) is 9.53 Å². The van der Waals surface area contributed by atoms with E-state index in [0.29, 0.717) is 31.7 Å². The van der Waals surface area contributed by atoms with Gasteiger partial charge < -0.3 is 15.8 Å². The number of nitrogens with zero attached hydrogens (tertiary/aromatic N) is 3. The Morgan fingerprint density at radius 1 is 1.33 bits per heavy atom. The summed E-state index contributed by atoms with van der Waals surface area (Å²) in [6, 6.07) is 7.40. The zero-order valence-electron chi connectivity index (χ0n) is 11.5. The maximum absolute atomic E-state index is 12.5. The third kappa shape index (κ3) is 2.79. The van der Waals surface area contributed by atoms with Gasteiger partial charge in [-0.25, -0.2) is 9.67 Å². The van der Waals surface area contributed by atoms with Crippen molar-refractivity contribution >= 4 is 11.6 Å². The normalized spacial score (nSPS) is 17.4. The maximum Gasteiger partial charge on any atom is 0.244 e. The summed E-state index contributed by atoms with van der Waals surface area (Å²) in [6.07, 6.45) is 4.06. The van der Waals surface area contributed by atoms with Gasteiger partial charge >= 0.3 is 0 Å². The molecule has 1 aliphatic heterocycles. The highest BCUT2D eigenvalue weighted by Crippen LogP contribution is 2.23. The average Bonchev–Trinajstić information content (AvgIpc) is 3.02. The molecule has 2 heterocycles. The molecule has 0 aliphatic carbocycles. The molecule has 0 spiro atoms. The van der Waals surface area contributed by atoms with Gasteiger partial charge in [-0.2, -0.15) is 5.10 Å². The molecule has 3 rings (SSSR count). The first kappa shape index (κ1) is 13.7. The van der Waals surface area contributed by atoms with Crippen molar-refractivity contribution < 1.29 is 9.53 Å². The summed E-state index contributed by atoms with van der Waals surface area (Å²) in [5, 5.41) is 6.99. The van der Waals surface area contributed by atoms with E-state index < -0.39 is 5.54 Å². The van der Waals surface area contributed by atoms with Crippen LogP contribution in [0.4, 0.5) is 5.69 Å². The first-order valence-electron chi connectivity index (χ1n) is 6.81. The van der Waals surface area contributed by atoms with Crippen molar-refractivity contribution in [3.8, 4) is 5.69 Å². The van der Waals surface area contributed by atoms with Crippen molar-refractivity contribution in [2.45, 2.75) is 18.4 Å². The van der Waals surface area contributed by atoms with Crippen molar-refractivity contribution in [2.75, 3.05) is 18.5 Å². The van der Waals surface area contributed by atoms with E-state index in [9.17, 15) is 4.79 Å². The van der Waals surface area contributed by atoms with Crippen molar-refractivity contribution in [2.24, 2.45) is 5.73 Å². The van der Waals surface area contributed by atoms with Crippen LogP contribution in [0, 0.1) is 0 Å². The topological polar surface area (TPSA) is 95.1 Å². The molecule has 1 amide bonds. The van der Waals surface area contributed by atoms with E-state index in [4.69, 9.17) is 10.5 Å². The smallest absolute Gasteiger partial charge is 0.244 e. The Morgan fingerprint density at radius 3 is 2.81 bits per heavy atom. The highest BCUT2D eigenvalue weighted by Gasteiger charge is 2.36. The van der Waals surface area contributed by atoms with Gasteiger partial charge in [0.25, 0.3) is 0 Å². The van der Waals surface area contributed by atoms with Gasteiger partial charge in [-0.3, -0.25) is 4.79 Å². The SMILES string of the molecule is NC1(C(=O)Nc2ccccc2-n2cncn2)CCOCC1. The fraction of sp³-hybridized carbons (Fsp3) is 0.357. The highest BCUT2D eigenvalue weighted by atomic mass is 16.5. The number of nitrogens with two attached hydrogens (primary N) is 1. The molecule has 1 fully saturated rings. The Kier molecular flexibility index (Phi) is 3.68. The van der Waals surface area contributed by atoms with Crippen LogP contribution in [-0.4, -0.2) is 39.4 Å². The third-order valence-corrected chi connectivity index (χ3v) is 3.66. The number of anilines is 1. The Hall–Kier alpha value is -2.25. The zero-order valence-corrected chi connectivity index (χ0v) is 11.5. The number of benzene rings is 1. The third-order valence-electron chi connectivity index (χ3n) is 3.66. The number of hydrogen-bond donors (Lipinski definition) is 2. The molecular weight excluding hydrogens is 270 g/mol. The molecule has 1 saturated heterocycles. The molecule has 0 radical (unpaired) electrons. The molecule has 0 bridgehead atoms. The number of nitrogens with one attached hydrogen (secondary N) is 1. The van der Waals surface area contributed by atoms with Gasteiger partial charge in [0.1, 0.15) is 18.2 Å². The van der Waals surface area contributed by atoms with E-state index in [2.05, 4.69) is 15.4 Å². The van der Waals surface area contributed by atoms with E-state index in [1.807, 2.05) is 24.3 Å². The summed E-state index contributed by atoms with van der Waals surface area (Å²) in [4.78, 5) is 16.4. The van der Waals surface area contributed by atoms with Gasteiger partial charge in [0, 0.05) is 13.2 Å². The van der Waals surface area contributed by atoms with Crippen LogP contribution in [0.15, 0.2) is 36.9 Å². The van der Waals surface area contributed by atoms with Crippen LogP contribution in [0.5, 0.6) is 0 Å². The molecule has 7 heteroatoms. The zero-order chi connectivity index (χ0) is 14.7. The molecule has 0 atom stereocenters. The van der Waals surface area contributed by atoms with Crippen molar-refractivity contribution in [1.29, 1.82) is 0 Å². The molecule has 1 aromatic carbocycles. The molecule has 2 aromatic rings. The summed E-state index contributed by atoms with van der Waals surface area (Å²) in [5.74, 6) is -0.196. The standard InChI is InChI=1S/C14H17N5O2/c15-14(5-7-21-8-6-14)13(20)18-11-3-1-2-4-12(11)19-10-16-9-17-19/h1-4,9-10H,5-8,15H2,(H,18,20). The van der Waals surface area contributed by atoms with E-state index in [1.54, 1.807) is 11.0 Å². The minimum atomic E-state index is -0.881. The number of aromatic nitrogens is 3. The second-order valence-corrected chi connectivity index (χ2v) is 5.08. The summed E-state index contributed by atoms with van der Waals surface area (Å²) >= 11 is 0. The average molecular weight is 287 g/mol. The number of amides is 1. The van der Waals surface area contributed by atoms with Gasteiger partial charge in [0.15, 0.2) is 0 Å².